The lowest BCUT2D eigenvalue weighted by Crippen LogP contribution is -2.29. The molecule has 0 aliphatic heterocycles. The number of anilines is 1. The molecule has 0 aliphatic carbocycles. The number of aliphatic hydroxyl groups is 1. The van der Waals surface area contributed by atoms with E-state index in [0.717, 1.165) is 0 Å². The molecule has 0 heterocycles. The van der Waals surface area contributed by atoms with Gasteiger partial charge in [-0.05, 0) is 48.4 Å². The van der Waals surface area contributed by atoms with Crippen molar-refractivity contribution in [2.45, 2.75) is 18.9 Å². The lowest BCUT2D eigenvalue weighted by molar-refractivity contribution is -0.141. The van der Waals surface area contributed by atoms with Crippen LogP contribution in [0.1, 0.15) is 24.5 Å². The standard InChI is InChI=1S/C20H22FNO5/c1-26-16-9-3-13(4-10-16)19(24)17(11-12-18(23)27-2)20(25)22-15-7-5-14(21)6-8-15/h3-10,17,19,24H,11-12H2,1-2H3,(H,22,25). The van der Waals surface area contributed by atoms with E-state index in [2.05, 4.69) is 10.1 Å². The summed E-state index contributed by atoms with van der Waals surface area (Å²) in [6.45, 7) is 0. The molecule has 144 valence electrons. The van der Waals surface area contributed by atoms with E-state index >= 15 is 0 Å². The van der Waals surface area contributed by atoms with Crippen LogP contribution in [-0.4, -0.2) is 31.2 Å². The second-order valence-corrected chi connectivity index (χ2v) is 5.94. The normalized spacial score (nSPS) is 12.7. The zero-order valence-corrected chi connectivity index (χ0v) is 15.1. The van der Waals surface area contributed by atoms with Crippen LogP contribution in [0, 0.1) is 11.7 Å². The number of rotatable bonds is 8. The van der Waals surface area contributed by atoms with Gasteiger partial charge in [-0.2, -0.15) is 0 Å². The van der Waals surface area contributed by atoms with E-state index in [1.807, 2.05) is 0 Å². The number of hydrogen-bond acceptors (Lipinski definition) is 5. The summed E-state index contributed by atoms with van der Waals surface area (Å²) >= 11 is 0. The molecule has 2 N–H and O–H groups in total. The first-order valence-corrected chi connectivity index (χ1v) is 8.40. The van der Waals surface area contributed by atoms with Crippen molar-refractivity contribution in [1.29, 1.82) is 0 Å². The number of hydrogen-bond donors (Lipinski definition) is 2. The minimum Gasteiger partial charge on any atom is -0.497 e. The van der Waals surface area contributed by atoms with Crippen LogP contribution in [0.5, 0.6) is 5.75 Å². The van der Waals surface area contributed by atoms with Gasteiger partial charge in [0.1, 0.15) is 11.6 Å². The SMILES string of the molecule is COC(=O)CCC(C(=O)Nc1ccc(F)cc1)C(O)c1ccc(OC)cc1. The first-order valence-electron chi connectivity index (χ1n) is 8.40. The summed E-state index contributed by atoms with van der Waals surface area (Å²) in [5.74, 6) is -1.66. The average molecular weight is 375 g/mol. The van der Waals surface area contributed by atoms with E-state index in [1.165, 1.54) is 38.5 Å². The Hall–Kier alpha value is -2.93. The van der Waals surface area contributed by atoms with Gasteiger partial charge in [0.15, 0.2) is 0 Å². The third-order valence-corrected chi connectivity index (χ3v) is 4.17. The van der Waals surface area contributed by atoms with Crippen molar-refractivity contribution in [2.75, 3.05) is 19.5 Å². The molecule has 2 aromatic carbocycles. The van der Waals surface area contributed by atoms with Crippen LogP contribution >= 0.6 is 0 Å². The Bertz CT molecular complexity index is 761. The number of benzene rings is 2. The summed E-state index contributed by atoms with van der Waals surface area (Å²) in [7, 11) is 2.79. The second kappa shape index (κ2) is 9.68. The maximum absolute atomic E-state index is 13.0. The van der Waals surface area contributed by atoms with Crippen molar-refractivity contribution in [3.63, 3.8) is 0 Å². The van der Waals surface area contributed by atoms with Gasteiger partial charge in [-0.15, -0.1) is 0 Å². The zero-order chi connectivity index (χ0) is 19.8. The predicted molar refractivity (Wildman–Crippen MR) is 97.7 cm³/mol. The van der Waals surface area contributed by atoms with Gasteiger partial charge in [0.25, 0.3) is 0 Å². The fourth-order valence-corrected chi connectivity index (χ4v) is 2.61. The number of ether oxygens (including phenoxy) is 2. The molecule has 0 aromatic heterocycles. The average Bonchev–Trinajstić information content (AvgIpc) is 2.69. The maximum Gasteiger partial charge on any atom is 0.305 e. The molecule has 2 atom stereocenters. The molecule has 2 rings (SSSR count). The number of methoxy groups -OCH3 is 2. The molecular weight excluding hydrogens is 353 g/mol. The van der Waals surface area contributed by atoms with Gasteiger partial charge in [0, 0.05) is 12.1 Å². The minimum atomic E-state index is -1.14. The minimum absolute atomic E-state index is 0.0226. The van der Waals surface area contributed by atoms with Gasteiger partial charge >= 0.3 is 5.97 Å². The summed E-state index contributed by atoms with van der Waals surface area (Å²) in [6.07, 6.45) is -1.07. The Morgan fingerprint density at radius 2 is 1.70 bits per heavy atom. The Labute approximate surface area is 156 Å². The molecule has 0 saturated heterocycles. The van der Waals surface area contributed by atoms with E-state index < -0.39 is 29.7 Å². The molecule has 27 heavy (non-hydrogen) atoms. The van der Waals surface area contributed by atoms with E-state index in [4.69, 9.17) is 4.74 Å². The molecule has 0 bridgehead atoms. The molecular formula is C20H22FNO5. The first-order chi connectivity index (χ1) is 12.9. The lowest BCUT2D eigenvalue weighted by atomic mass is 9.90. The van der Waals surface area contributed by atoms with Crippen LogP contribution in [0.3, 0.4) is 0 Å². The highest BCUT2D eigenvalue weighted by Gasteiger charge is 2.29. The van der Waals surface area contributed by atoms with E-state index in [1.54, 1.807) is 24.3 Å². The number of esters is 1. The van der Waals surface area contributed by atoms with Gasteiger partial charge in [-0.25, -0.2) is 4.39 Å². The van der Waals surface area contributed by atoms with Crippen LogP contribution in [-0.2, 0) is 14.3 Å². The zero-order valence-electron chi connectivity index (χ0n) is 15.1. The summed E-state index contributed by atoms with van der Waals surface area (Å²) in [5, 5.41) is 13.4. The van der Waals surface area contributed by atoms with Crippen LogP contribution in [0.4, 0.5) is 10.1 Å². The molecule has 0 aliphatic rings. The number of carbonyl (C=O) groups is 2. The molecule has 6 nitrogen and oxygen atoms in total. The van der Waals surface area contributed by atoms with E-state index in [0.29, 0.717) is 17.0 Å². The summed E-state index contributed by atoms with van der Waals surface area (Å²) in [4.78, 5) is 24.2. The quantitative estimate of drug-likeness (QED) is 0.693. The molecule has 7 heteroatoms. The van der Waals surface area contributed by atoms with Gasteiger partial charge in [-0.3, -0.25) is 9.59 Å². The molecule has 1 amide bonds. The van der Waals surface area contributed by atoms with Gasteiger partial charge in [0.05, 0.1) is 26.2 Å². The monoisotopic (exact) mass is 375 g/mol. The smallest absolute Gasteiger partial charge is 0.305 e. The Morgan fingerprint density at radius 3 is 2.26 bits per heavy atom. The van der Waals surface area contributed by atoms with Crippen molar-refractivity contribution < 1.29 is 28.6 Å². The molecule has 2 aromatic rings. The van der Waals surface area contributed by atoms with Crippen molar-refractivity contribution in [1.82, 2.24) is 0 Å². The van der Waals surface area contributed by atoms with Gasteiger partial charge in [0.2, 0.25) is 5.91 Å². The predicted octanol–water partition coefficient (Wildman–Crippen LogP) is 3.08. The highest BCUT2D eigenvalue weighted by Crippen LogP contribution is 2.29. The Kier molecular flexibility index (Phi) is 7.31. The van der Waals surface area contributed by atoms with Gasteiger partial charge in [-0.1, -0.05) is 12.1 Å². The van der Waals surface area contributed by atoms with Crippen LogP contribution in [0.15, 0.2) is 48.5 Å². The highest BCUT2D eigenvalue weighted by molar-refractivity contribution is 5.93. The maximum atomic E-state index is 13.0. The molecule has 0 saturated carbocycles. The molecule has 0 spiro atoms. The van der Waals surface area contributed by atoms with Crippen molar-refractivity contribution in [3.8, 4) is 5.75 Å². The summed E-state index contributed by atoms with van der Waals surface area (Å²) in [5.41, 5.74) is 0.909. The van der Waals surface area contributed by atoms with Crippen LogP contribution < -0.4 is 10.1 Å². The fraction of sp³-hybridized carbons (Fsp3) is 0.300. The number of carbonyl (C=O) groups excluding carboxylic acids is 2. The third-order valence-electron chi connectivity index (χ3n) is 4.17. The van der Waals surface area contributed by atoms with Crippen molar-refractivity contribution in [2.24, 2.45) is 5.92 Å². The number of aliphatic hydroxyl groups excluding tert-OH is 1. The highest BCUT2D eigenvalue weighted by atomic mass is 19.1. The third kappa shape index (κ3) is 5.79. The molecule has 2 unspecified atom stereocenters. The topological polar surface area (TPSA) is 84.9 Å². The number of nitrogens with one attached hydrogen (secondary N) is 1. The number of amides is 1. The fourth-order valence-electron chi connectivity index (χ4n) is 2.61. The lowest BCUT2D eigenvalue weighted by Gasteiger charge is -2.22. The number of halogens is 1. The summed E-state index contributed by atoms with van der Waals surface area (Å²) < 4.78 is 22.7. The van der Waals surface area contributed by atoms with Crippen molar-refractivity contribution in [3.05, 3.63) is 59.9 Å². The van der Waals surface area contributed by atoms with E-state index in [-0.39, 0.29) is 12.8 Å². The first kappa shape index (κ1) is 20.4. The van der Waals surface area contributed by atoms with Crippen LogP contribution in [0.2, 0.25) is 0 Å². The second-order valence-electron chi connectivity index (χ2n) is 5.94. The largest absolute Gasteiger partial charge is 0.497 e. The van der Waals surface area contributed by atoms with E-state index in [9.17, 15) is 19.1 Å². The van der Waals surface area contributed by atoms with Crippen molar-refractivity contribution >= 4 is 17.6 Å². The molecule has 0 radical (unpaired) electrons. The van der Waals surface area contributed by atoms with Gasteiger partial charge < -0.3 is 19.9 Å². The van der Waals surface area contributed by atoms with Crippen LogP contribution in [0.25, 0.3) is 0 Å². The molecule has 0 fully saturated rings. The Morgan fingerprint density at radius 1 is 1.07 bits per heavy atom. The summed E-state index contributed by atoms with van der Waals surface area (Å²) in [6, 6.07) is 11.9. The Balaban J connectivity index is 2.18.